The Kier molecular flexibility index (Phi) is 2.62. The van der Waals surface area contributed by atoms with Crippen LogP contribution in [-0.4, -0.2) is 21.7 Å². The highest BCUT2D eigenvalue weighted by Gasteiger charge is 2.26. The highest BCUT2D eigenvalue weighted by molar-refractivity contribution is 5.97. The number of anilines is 1. The van der Waals surface area contributed by atoms with E-state index in [4.69, 9.17) is 5.73 Å². The SMILES string of the molecule is CCCn1ncc(N)c1C(=O)NC1CC1. The molecule has 0 bridgehead atoms. The monoisotopic (exact) mass is 208 g/mol. The van der Waals surface area contributed by atoms with E-state index in [1.54, 1.807) is 4.68 Å². The molecule has 0 aliphatic heterocycles. The molecule has 0 radical (unpaired) electrons. The number of aryl methyl sites for hydroxylation is 1. The molecule has 1 aliphatic carbocycles. The van der Waals surface area contributed by atoms with Crippen LogP contribution in [0.4, 0.5) is 5.69 Å². The van der Waals surface area contributed by atoms with E-state index in [-0.39, 0.29) is 5.91 Å². The van der Waals surface area contributed by atoms with Crippen molar-refractivity contribution in [3.8, 4) is 0 Å². The highest BCUT2D eigenvalue weighted by Crippen LogP contribution is 2.20. The van der Waals surface area contributed by atoms with Crippen molar-refractivity contribution in [2.24, 2.45) is 0 Å². The van der Waals surface area contributed by atoms with Crippen LogP contribution < -0.4 is 11.1 Å². The van der Waals surface area contributed by atoms with Crippen LogP contribution in [0.1, 0.15) is 36.7 Å². The van der Waals surface area contributed by atoms with E-state index in [0.717, 1.165) is 25.8 Å². The fraction of sp³-hybridized carbons (Fsp3) is 0.600. The summed E-state index contributed by atoms with van der Waals surface area (Å²) in [6.07, 6.45) is 4.63. The smallest absolute Gasteiger partial charge is 0.271 e. The van der Waals surface area contributed by atoms with E-state index in [1.165, 1.54) is 6.20 Å². The van der Waals surface area contributed by atoms with Crippen molar-refractivity contribution in [2.45, 2.75) is 38.8 Å². The van der Waals surface area contributed by atoms with E-state index >= 15 is 0 Å². The normalized spacial score (nSPS) is 15.3. The third-order valence-electron chi connectivity index (χ3n) is 2.43. The number of hydrogen-bond acceptors (Lipinski definition) is 3. The summed E-state index contributed by atoms with van der Waals surface area (Å²) in [6, 6.07) is 0.349. The second kappa shape index (κ2) is 3.92. The molecule has 1 heterocycles. The standard InChI is InChI=1S/C10H16N4O/c1-2-5-14-9(8(11)6-12-14)10(15)13-7-3-4-7/h6-7H,2-5,11H2,1H3,(H,13,15). The Hall–Kier alpha value is -1.52. The van der Waals surface area contributed by atoms with E-state index in [0.29, 0.717) is 17.4 Å². The van der Waals surface area contributed by atoms with Crippen LogP contribution in [0.2, 0.25) is 0 Å². The lowest BCUT2D eigenvalue weighted by atomic mass is 10.3. The van der Waals surface area contributed by atoms with E-state index in [2.05, 4.69) is 10.4 Å². The molecule has 0 atom stereocenters. The lowest BCUT2D eigenvalue weighted by Gasteiger charge is -2.07. The average Bonchev–Trinajstić information content (AvgIpc) is 2.91. The predicted molar refractivity (Wildman–Crippen MR) is 57.4 cm³/mol. The molecule has 15 heavy (non-hydrogen) atoms. The van der Waals surface area contributed by atoms with Crippen molar-refractivity contribution >= 4 is 11.6 Å². The minimum absolute atomic E-state index is 0.0963. The van der Waals surface area contributed by atoms with Crippen molar-refractivity contribution in [1.29, 1.82) is 0 Å². The van der Waals surface area contributed by atoms with Gasteiger partial charge in [0.2, 0.25) is 0 Å². The zero-order chi connectivity index (χ0) is 10.8. The largest absolute Gasteiger partial charge is 0.396 e. The molecule has 1 amide bonds. The Morgan fingerprint density at radius 3 is 3.07 bits per heavy atom. The first-order valence-electron chi connectivity index (χ1n) is 5.34. The minimum Gasteiger partial charge on any atom is -0.396 e. The number of nitrogens with one attached hydrogen (secondary N) is 1. The number of rotatable bonds is 4. The maximum absolute atomic E-state index is 11.8. The van der Waals surface area contributed by atoms with E-state index in [9.17, 15) is 4.79 Å². The number of carbonyl (C=O) groups is 1. The number of nitrogen functional groups attached to an aromatic ring is 1. The fourth-order valence-corrected chi connectivity index (χ4v) is 1.51. The van der Waals surface area contributed by atoms with Gasteiger partial charge in [-0.05, 0) is 19.3 Å². The summed E-state index contributed by atoms with van der Waals surface area (Å²) in [5.74, 6) is -0.0963. The maximum Gasteiger partial charge on any atom is 0.271 e. The molecule has 1 aliphatic rings. The van der Waals surface area contributed by atoms with Crippen molar-refractivity contribution in [2.75, 3.05) is 5.73 Å². The Morgan fingerprint density at radius 1 is 1.73 bits per heavy atom. The Labute approximate surface area is 88.6 Å². The van der Waals surface area contributed by atoms with Gasteiger partial charge < -0.3 is 11.1 Å². The molecule has 1 saturated carbocycles. The van der Waals surface area contributed by atoms with Crippen molar-refractivity contribution in [3.05, 3.63) is 11.9 Å². The molecule has 3 N–H and O–H groups in total. The third-order valence-corrected chi connectivity index (χ3v) is 2.43. The molecule has 0 saturated heterocycles. The molecular weight excluding hydrogens is 192 g/mol. The molecule has 82 valence electrons. The van der Waals surface area contributed by atoms with Gasteiger partial charge in [0.1, 0.15) is 5.69 Å². The van der Waals surface area contributed by atoms with Gasteiger partial charge in [0.25, 0.3) is 5.91 Å². The Morgan fingerprint density at radius 2 is 2.47 bits per heavy atom. The van der Waals surface area contributed by atoms with Gasteiger partial charge in [0, 0.05) is 12.6 Å². The molecule has 0 spiro atoms. The summed E-state index contributed by atoms with van der Waals surface area (Å²) < 4.78 is 1.67. The van der Waals surface area contributed by atoms with Crippen LogP contribution in [0.3, 0.4) is 0 Å². The van der Waals surface area contributed by atoms with Crippen LogP contribution in [-0.2, 0) is 6.54 Å². The van der Waals surface area contributed by atoms with Crippen LogP contribution in [0.15, 0.2) is 6.20 Å². The van der Waals surface area contributed by atoms with Gasteiger partial charge in [0.15, 0.2) is 0 Å². The van der Waals surface area contributed by atoms with Gasteiger partial charge >= 0.3 is 0 Å². The second-order valence-corrected chi connectivity index (χ2v) is 3.92. The quantitative estimate of drug-likeness (QED) is 0.767. The van der Waals surface area contributed by atoms with Crippen LogP contribution in [0.5, 0.6) is 0 Å². The summed E-state index contributed by atoms with van der Waals surface area (Å²) in [4.78, 5) is 11.8. The molecule has 1 fully saturated rings. The second-order valence-electron chi connectivity index (χ2n) is 3.92. The molecule has 1 aromatic rings. The number of nitrogens with two attached hydrogens (primary N) is 1. The number of nitrogens with zero attached hydrogens (tertiary/aromatic N) is 2. The highest BCUT2D eigenvalue weighted by atomic mass is 16.2. The maximum atomic E-state index is 11.8. The first kappa shape index (κ1) is 10.0. The fourth-order valence-electron chi connectivity index (χ4n) is 1.51. The molecular formula is C10H16N4O. The van der Waals surface area contributed by atoms with E-state index in [1.807, 2.05) is 6.92 Å². The van der Waals surface area contributed by atoms with Crippen LogP contribution in [0.25, 0.3) is 0 Å². The summed E-state index contributed by atoms with van der Waals surface area (Å²) >= 11 is 0. The Bertz CT molecular complexity index is 367. The molecule has 5 nitrogen and oxygen atoms in total. The summed E-state index contributed by atoms with van der Waals surface area (Å²) in [5, 5.41) is 7.00. The molecule has 1 aromatic heterocycles. The summed E-state index contributed by atoms with van der Waals surface area (Å²) in [5.41, 5.74) is 6.69. The van der Waals surface area contributed by atoms with Gasteiger partial charge in [-0.2, -0.15) is 5.10 Å². The zero-order valence-electron chi connectivity index (χ0n) is 8.86. The Balaban J connectivity index is 2.15. The average molecular weight is 208 g/mol. The van der Waals surface area contributed by atoms with Crippen LogP contribution >= 0.6 is 0 Å². The minimum atomic E-state index is -0.0963. The first-order valence-corrected chi connectivity index (χ1v) is 5.34. The van der Waals surface area contributed by atoms with Gasteiger partial charge in [0.05, 0.1) is 11.9 Å². The summed E-state index contributed by atoms with van der Waals surface area (Å²) in [6.45, 7) is 2.77. The van der Waals surface area contributed by atoms with Crippen LogP contribution in [0, 0.1) is 0 Å². The molecule has 0 unspecified atom stereocenters. The predicted octanol–water partition coefficient (Wildman–Crippen LogP) is 0.768. The van der Waals surface area contributed by atoms with Crippen molar-refractivity contribution in [1.82, 2.24) is 15.1 Å². The van der Waals surface area contributed by atoms with Gasteiger partial charge in [-0.1, -0.05) is 6.92 Å². The van der Waals surface area contributed by atoms with Gasteiger partial charge in [-0.15, -0.1) is 0 Å². The van der Waals surface area contributed by atoms with Gasteiger partial charge in [-0.3, -0.25) is 9.48 Å². The molecule has 5 heteroatoms. The summed E-state index contributed by atoms with van der Waals surface area (Å²) in [7, 11) is 0. The van der Waals surface area contributed by atoms with E-state index < -0.39 is 0 Å². The lowest BCUT2D eigenvalue weighted by molar-refractivity contribution is 0.0941. The van der Waals surface area contributed by atoms with Crippen molar-refractivity contribution in [3.63, 3.8) is 0 Å². The number of aromatic nitrogens is 2. The third kappa shape index (κ3) is 2.11. The van der Waals surface area contributed by atoms with Gasteiger partial charge in [-0.25, -0.2) is 0 Å². The lowest BCUT2D eigenvalue weighted by Crippen LogP contribution is -2.28. The van der Waals surface area contributed by atoms with Crippen molar-refractivity contribution < 1.29 is 4.79 Å². The topological polar surface area (TPSA) is 72.9 Å². The zero-order valence-corrected chi connectivity index (χ0v) is 8.86. The number of amides is 1. The molecule has 2 rings (SSSR count). The number of hydrogen-bond donors (Lipinski definition) is 2. The first-order chi connectivity index (χ1) is 7.22. The number of carbonyl (C=O) groups excluding carboxylic acids is 1. The molecule has 0 aromatic carbocycles.